The summed E-state index contributed by atoms with van der Waals surface area (Å²) in [5.74, 6) is -0.261. The maximum atomic E-state index is 13.9. The van der Waals surface area contributed by atoms with Gasteiger partial charge >= 0.3 is 0 Å². The average molecular weight is 470 g/mol. The third kappa shape index (κ3) is 5.69. The number of benzene rings is 1. The fourth-order valence-corrected chi connectivity index (χ4v) is 4.02. The van der Waals surface area contributed by atoms with E-state index in [0.717, 1.165) is 42.9 Å². The first kappa shape index (κ1) is 23.6. The number of carbonyl (C=O) groups is 1. The fraction of sp³-hybridized carbons (Fsp3) is 0.333. The van der Waals surface area contributed by atoms with E-state index in [1.165, 1.54) is 12.1 Å². The van der Waals surface area contributed by atoms with Crippen molar-refractivity contribution in [2.45, 2.75) is 38.6 Å². The van der Waals surface area contributed by atoms with Crippen molar-refractivity contribution in [1.82, 2.24) is 19.9 Å². The number of likely N-dealkylation sites (tertiary alicyclic amines) is 1. The Kier molecular flexibility index (Phi) is 7.06. The Labute approximate surface area is 195 Å². The summed E-state index contributed by atoms with van der Waals surface area (Å²) < 4.78 is 40.4. The second kappa shape index (κ2) is 10.2. The van der Waals surface area contributed by atoms with E-state index in [9.17, 15) is 18.0 Å². The summed E-state index contributed by atoms with van der Waals surface area (Å²) in [6, 6.07) is 7.17. The van der Waals surface area contributed by atoms with Gasteiger partial charge in [-0.05, 0) is 64.0 Å². The molecule has 0 aliphatic carbocycles. The van der Waals surface area contributed by atoms with Gasteiger partial charge in [0.05, 0.1) is 17.9 Å². The van der Waals surface area contributed by atoms with Gasteiger partial charge in [0.25, 0.3) is 0 Å². The first-order valence-electron chi connectivity index (χ1n) is 11.0. The Morgan fingerprint density at radius 3 is 2.47 bits per heavy atom. The number of amides is 1. The molecule has 1 unspecified atom stereocenters. The van der Waals surface area contributed by atoms with Crippen molar-refractivity contribution in [2.24, 2.45) is 0 Å². The number of carbonyl (C=O) groups excluding carboxylic acids is 1. The Morgan fingerprint density at radius 1 is 1.03 bits per heavy atom. The zero-order valence-electron chi connectivity index (χ0n) is 18.9. The lowest BCUT2D eigenvalue weighted by Gasteiger charge is -2.35. The number of hydrogen-bond donors (Lipinski definition) is 2. The highest BCUT2D eigenvalue weighted by Gasteiger charge is 2.28. The van der Waals surface area contributed by atoms with Crippen molar-refractivity contribution < 1.29 is 18.0 Å². The van der Waals surface area contributed by atoms with Crippen LogP contribution >= 0.6 is 0 Å². The topological polar surface area (TPSA) is 83.0 Å². The number of anilines is 3. The van der Waals surface area contributed by atoms with E-state index in [1.807, 2.05) is 11.0 Å². The maximum Gasteiger partial charge on any atom is 0.241 e. The molecule has 1 fully saturated rings. The lowest BCUT2D eigenvalue weighted by Crippen LogP contribution is -2.45. The second-order valence-corrected chi connectivity index (χ2v) is 8.31. The molecule has 0 bridgehead atoms. The van der Waals surface area contributed by atoms with Gasteiger partial charge in [-0.25, -0.2) is 28.1 Å². The van der Waals surface area contributed by atoms with Crippen molar-refractivity contribution in [2.75, 3.05) is 23.7 Å². The van der Waals surface area contributed by atoms with Crippen molar-refractivity contribution in [3.05, 3.63) is 71.6 Å². The van der Waals surface area contributed by atoms with Gasteiger partial charge in [0.15, 0.2) is 0 Å². The maximum absolute atomic E-state index is 13.9. The molecule has 4 rings (SSSR count). The van der Waals surface area contributed by atoms with E-state index in [-0.39, 0.29) is 17.5 Å². The highest BCUT2D eigenvalue weighted by atomic mass is 19.1. The van der Waals surface area contributed by atoms with Crippen molar-refractivity contribution in [1.29, 1.82) is 0 Å². The zero-order chi connectivity index (χ0) is 24.2. The summed E-state index contributed by atoms with van der Waals surface area (Å²) in [6.07, 6.45) is 2.68. The molecule has 1 aliphatic heterocycles. The Morgan fingerprint density at radius 2 is 1.76 bits per heavy atom. The van der Waals surface area contributed by atoms with Gasteiger partial charge < -0.3 is 10.6 Å². The van der Waals surface area contributed by atoms with Crippen LogP contribution in [0.4, 0.5) is 30.5 Å². The van der Waals surface area contributed by atoms with Crippen LogP contribution in [-0.4, -0.2) is 44.9 Å². The summed E-state index contributed by atoms with van der Waals surface area (Å²) in [4.78, 5) is 27.6. The highest BCUT2D eigenvalue weighted by Crippen LogP contribution is 2.29. The second-order valence-electron chi connectivity index (χ2n) is 8.31. The monoisotopic (exact) mass is 470 g/mol. The van der Waals surface area contributed by atoms with Crippen molar-refractivity contribution >= 4 is 23.2 Å². The normalized spacial score (nSPS) is 15.7. The van der Waals surface area contributed by atoms with E-state index in [1.54, 1.807) is 13.8 Å². The average Bonchev–Trinajstić information content (AvgIpc) is 2.82. The molecule has 1 saturated heterocycles. The standard InChI is InChI=1S/C24H25F3N6O/c1-14(24(34)31-21-11-17(25)3-5-19(21)27)33-9-7-16(8-10-33)20-12-23(30-15(2)29-20)32-22-6-4-18(26)13-28-22/h3-6,11-14,16H,7-10H2,1-2H3,(H,31,34)(H,28,29,30,32). The molecule has 1 amide bonds. The predicted molar refractivity (Wildman–Crippen MR) is 122 cm³/mol. The number of aryl methyl sites for hydroxylation is 1. The molecular formula is C24H25F3N6O. The van der Waals surface area contributed by atoms with Crippen LogP contribution in [0.1, 0.15) is 37.2 Å². The molecule has 10 heteroatoms. The molecule has 1 aliphatic rings. The van der Waals surface area contributed by atoms with Crippen molar-refractivity contribution in [3.8, 4) is 0 Å². The molecule has 1 aromatic carbocycles. The molecule has 7 nitrogen and oxygen atoms in total. The van der Waals surface area contributed by atoms with Crippen LogP contribution in [0.25, 0.3) is 0 Å². The Balaban J connectivity index is 1.37. The number of aromatic nitrogens is 3. The van der Waals surface area contributed by atoms with Gasteiger partial charge in [0.2, 0.25) is 5.91 Å². The van der Waals surface area contributed by atoms with E-state index < -0.39 is 23.5 Å². The zero-order valence-corrected chi connectivity index (χ0v) is 18.9. The SMILES string of the molecule is Cc1nc(Nc2ccc(F)cn2)cc(C2CCN(C(C)C(=O)Nc3cc(F)ccc3F)CC2)n1. The number of pyridine rings is 1. The van der Waals surface area contributed by atoms with Gasteiger partial charge in [0.1, 0.15) is 34.9 Å². The van der Waals surface area contributed by atoms with Crippen molar-refractivity contribution in [3.63, 3.8) is 0 Å². The minimum Gasteiger partial charge on any atom is -0.325 e. The quantitative estimate of drug-likeness (QED) is 0.550. The number of halogens is 3. The van der Waals surface area contributed by atoms with Crippen LogP contribution in [0.2, 0.25) is 0 Å². The number of piperidine rings is 1. The molecule has 0 spiro atoms. The van der Waals surface area contributed by atoms with E-state index >= 15 is 0 Å². The van der Waals surface area contributed by atoms with Gasteiger partial charge in [-0.3, -0.25) is 9.69 Å². The summed E-state index contributed by atoms with van der Waals surface area (Å²) in [6.45, 7) is 4.85. The molecule has 3 heterocycles. The van der Waals surface area contributed by atoms with Crippen LogP contribution in [0.5, 0.6) is 0 Å². The van der Waals surface area contributed by atoms with Crippen LogP contribution in [0.15, 0.2) is 42.6 Å². The minimum atomic E-state index is -0.681. The van der Waals surface area contributed by atoms with Gasteiger partial charge in [-0.15, -0.1) is 0 Å². The number of hydrogen-bond acceptors (Lipinski definition) is 6. The van der Waals surface area contributed by atoms with Crippen LogP contribution in [0.3, 0.4) is 0 Å². The lowest BCUT2D eigenvalue weighted by molar-refractivity contribution is -0.121. The predicted octanol–water partition coefficient (Wildman–Crippen LogP) is 4.55. The summed E-state index contributed by atoms with van der Waals surface area (Å²) in [5, 5.41) is 5.55. The summed E-state index contributed by atoms with van der Waals surface area (Å²) >= 11 is 0. The molecule has 0 radical (unpaired) electrons. The van der Waals surface area contributed by atoms with Crippen LogP contribution in [0, 0.1) is 24.4 Å². The molecule has 2 N–H and O–H groups in total. The number of rotatable bonds is 6. The fourth-order valence-electron chi connectivity index (χ4n) is 4.02. The van der Waals surface area contributed by atoms with Gasteiger partial charge in [-0.1, -0.05) is 0 Å². The Bertz CT molecular complexity index is 1170. The molecule has 0 saturated carbocycles. The first-order chi connectivity index (χ1) is 16.3. The summed E-state index contributed by atoms with van der Waals surface area (Å²) in [5.41, 5.74) is 0.717. The molecular weight excluding hydrogens is 445 g/mol. The van der Waals surface area contributed by atoms with Crippen LogP contribution in [-0.2, 0) is 4.79 Å². The van der Waals surface area contributed by atoms with E-state index in [2.05, 4.69) is 25.6 Å². The lowest BCUT2D eigenvalue weighted by atomic mass is 9.92. The third-order valence-corrected chi connectivity index (χ3v) is 5.90. The molecule has 34 heavy (non-hydrogen) atoms. The van der Waals surface area contributed by atoms with Crippen LogP contribution < -0.4 is 10.6 Å². The van der Waals surface area contributed by atoms with E-state index in [0.29, 0.717) is 30.5 Å². The molecule has 2 aromatic heterocycles. The van der Waals surface area contributed by atoms with Gasteiger partial charge in [0, 0.05) is 23.7 Å². The largest absolute Gasteiger partial charge is 0.325 e. The van der Waals surface area contributed by atoms with E-state index in [4.69, 9.17) is 0 Å². The first-order valence-corrected chi connectivity index (χ1v) is 11.0. The van der Waals surface area contributed by atoms with Gasteiger partial charge in [-0.2, -0.15) is 0 Å². The highest BCUT2D eigenvalue weighted by molar-refractivity contribution is 5.94. The molecule has 1 atom stereocenters. The number of nitrogens with zero attached hydrogens (tertiary/aromatic N) is 4. The molecule has 178 valence electrons. The summed E-state index contributed by atoms with van der Waals surface area (Å²) in [7, 11) is 0. The smallest absolute Gasteiger partial charge is 0.241 e. The number of nitrogens with one attached hydrogen (secondary N) is 2. The minimum absolute atomic E-state index is 0.168. The molecule has 3 aromatic rings. The Hall–Kier alpha value is -3.53. The third-order valence-electron chi connectivity index (χ3n) is 5.90.